The molecule has 0 saturated heterocycles. The van der Waals surface area contributed by atoms with Gasteiger partial charge in [-0.1, -0.05) is 55.5 Å². The second-order valence-corrected chi connectivity index (χ2v) is 12.4. The number of carbonyl (C=O) groups excluding carboxylic acids is 2. The van der Waals surface area contributed by atoms with Crippen molar-refractivity contribution in [1.29, 1.82) is 0 Å². The van der Waals surface area contributed by atoms with Crippen LogP contribution in [0, 0.1) is 29.6 Å². The van der Waals surface area contributed by atoms with Gasteiger partial charge in [-0.3, -0.25) is 4.79 Å². The van der Waals surface area contributed by atoms with E-state index in [0.29, 0.717) is 44.5 Å². The lowest BCUT2D eigenvalue weighted by atomic mass is 9.71. The summed E-state index contributed by atoms with van der Waals surface area (Å²) in [6.45, 7) is 3.26. The third kappa shape index (κ3) is 8.95. The predicted molar refractivity (Wildman–Crippen MR) is 173 cm³/mol. The molecule has 1 heterocycles. The van der Waals surface area contributed by atoms with Crippen molar-refractivity contribution < 1.29 is 33.3 Å². The topological polar surface area (TPSA) is 80.3 Å². The van der Waals surface area contributed by atoms with Crippen LogP contribution >= 0.6 is 0 Å². The van der Waals surface area contributed by atoms with Crippen LogP contribution in [0.1, 0.15) is 50.2 Å². The molecule has 1 saturated carbocycles. The highest BCUT2D eigenvalue weighted by molar-refractivity contribution is 5.92. The number of methoxy groups -OCH3 is 2. The summed E-state index contributed by atoms with van der Waals surface area (Å²) in [4.78, 5) is 26.2. The van der Waals surface area contributed by atoms with Crippen molar-refractivity contribution >= 4 is 11.8 Å². The van der Waals surface area contributed by atoms with E-state index in [2.05, 4.69) is 18.2 Å². The van der Waals surface area contributed by atoms with Crippen LogP contribution in [0.5, 0.6) is 11.5 Å². The van der Waals surface area contributed by atoms with Gasteiger partial charge in [-0.25, -0.2) is 4.79 Å². The lowest BCUT2D eigenvalue weighted by molar-refractivity contribution is -0.137. The molecule has 7 atom stereocenters. The first-order valence-corrected chi connectivity index (χ1v) is 16.2. The Balaban J connectivity index is 1.28. The molecule has 2 aromatic rings. The lowest BCUT2D eigenvalue weighted by Gasteiger charge is -2.33. The van der Waals surface area contributed by atoms with Gasteiger partial charge >= 0.3 is 5.97 Å². The molecule has 3 aliphatic rings. The number of benzene rings is 2. The highest BCUT2D eigenvalue weighted by Crippen LogP contribution is 2.47. The maximum Gasteiger partial charge on any atom is 0.330 e. The summed E-state index contributed by atoms with van der Waals surface area (Å²) >= 11 is 0. The average molecular weight is 615 g/mol. The van der Waals surface area contributed by atoms with E-state index in [1.165, 1.54) is 0 Å². The zero-order chi connectivity index (χ0) is 31.6. The normalized spacial score (nSPS) is 30.2. The molecule has 1 fully saturated rings. The molecule has 1 aliphatic heterocycles. The Morgan fingerprint density at radius 2 is 1.42 bits per heavy atom. The number of hydrogen-bond acceptors (Lipinski definition) is 7. The van der Waals surface area contributed by atoms with E-state index in [-0.39, 0.29) is 41.7 Å². The van der Waals surface area contributed by atoms with Gasteiger partial charge < -0.3 is 23.7 Å². The highest BCUT2D eigenvalue weighted by atomic mass is 16.5. The van der Waals surface area contributed by atoms with E-state index < -0.39 is 0 Å². The Morgan fingerprint density at radius 1 is 0.756 bits per heavy atom. The van der Waals surface area contributed by atoms with Gasteiger partial charge in [-0.15, -0.1) is 0 Å². The van der Waals surface area contributed by atoms with Crippen LogP contribution in [0.25, 0.3) is 0 Å². The van der Waals surface area contributed by atoms with Gasteiger partial charge in [0.15, 0.2) is 5.78 Å². The first-order valence-electron chi connectivity index (χ1n) is 16.2. The molecule has 5 rings (SSSR count). The quantitative estimate of drug-likeness (QED) is 0.233. The lowest BCUT2D eigenvalue weighted by Crippen LogP contribution is -2.29. The number of rotatable bonds is 8. The van der Waals surface area contributed by atoms with Gasteiger partial charge in [0.05, 0.1) is 46.2 Å². The van der Waals surface area contributed by atoms with Gasteiger partial charge in [0, 0.05) is 17.9 Å². The molecule has 0 aromatic heterocycles. The molecule has 0 unspecified atom stereocenters. The Bertz CT molecular complexity index is 1340. The molecule has 0 radical (unpaired) electrons. The number of allylic oxidation sites excluding steroid dienone is 5. The molecule has 7 nitrogen and oxygen atoms in total. The molecule has 0 amide bonds. The fraction of sp³-hybridized carbons (Fsp3) is 0.474. The second kappa shape index (κ2) is 16.1. The Hall–Kier alpha value is -3.68. The van der Waals surface area contributed by atoms with Gasteiger partial charge in [-0.05, 0) is 91.3 Å². The van der Waals surface area contributed by atoms with E-state index in [1.807, 2.05) is 61.5 Å². The molecule has 0 N–H and O–H groups in total. The van der Waals surface area contributed by atoms with Crippen molar-refractivity contribution in [3.63, 3.8) is 0 Å². The van der Waals surface area contributed by atoms with Crippen LogP contribution in [-0.2, 0) is 37.0 Å². The number of hydrogen-bond donors (Lipinski definition) is 0. The van der Waals surface area contributed by atoms with Crippen molar-refractivity contribution in [1.82, 2.24) is 0 Å². The van der Waals surface area contributed by atoms with E-state index in [1.54, 1.807) is 26.4 Å². The van der Waals surface area contributed by atoms with Crippen LogP contribution in [0.4, 0.5) is 0 Å². The maximum atomic E-state index is 13.6. The minimum atomic E-state index is -0.327. The molecular formula is C38H46O7. The van der Waals surface area contributed by atoms with E-state index >= 15 is 0 Å². The SMILES string of the molecule is COc1ccc(CO[C@H]2C[C@H]3[C@@H]4/C=C/C(=O)[C@H](C)[C@@H](OCc5ccc(OC)cc5)CCCCOC(=O)/C=C/[C@@H]4C=C[C@@H]3C2)cc1. The molecule has 2 aromatic carbocycles. The predicted octanol–water partition coefficient (Wildman–Crippen LogP) is 7.05. The van der Waals surface area contributed by atoms with Gasteiger partial charge in [0.25, 0.3) is 0 Å². The third-order valence-electron chi connectivity index (χ3n) is 9.48. The van der Waals surface area contributed by atoms with Crippen molar-refractivity contribution in [2.75, 3.05) is 20.8 Å². The minimum absolute atomic E-state index is 0.00857. The van der Waals surface area contributed by atoms with E-state index in [4.69, 9.17) is 23.7 Å². The van der Waals surface area contributed by atoms with Crippen molar-refractivity contribution in [2.24, 2.45) is 29.6 Å². The summed E-state index contributed by atoms with van der Waals surface area (Å²) in [7, 11) is 3.31. The van der Waals surface area contributed by atoms with Crippen LogP contribution in [0.15, 0.2) is 85.0 Å². The number of esters is 1. The highest BCUT2D eigenvalue weighted by Gasteiger charge is 2.41. The van der Waals surface area contributed by atoms with Gasteiger partial charge in [0.1, 0.15) is 11.5 Å². The van der Waals surface area contributed by atoms with Crippen LogP contribution in [-0.4, -0.2) is 44.8 Å². The van der Waals surface area contributed by atoms with Crippen molar-refractivity contribution in [3.8, 4) is 11.5 Å². The van der Waals surface area contributed by atoms with Gasteiger partial charge in [0.2, 0.25) is 0 Å². The molecule has 7 heteroatoms. The first kappa shape index (κ1) is 32.7. The summed E-state index contributed by atoms with van der Waals surface area (Å²) in [6, 6.07) is 15.7. The molecule has 2 aliphatic carbocycles. The number of carbonyl (C=O) groups is 2. The van der Waals surface area contributed by atoms with Crippen molar-refractivity contribution in [3.05, 3.63) is 96.1 Å². The average Bonchev–Trinajstić information content (AvgIpc) is 3.49. The Labute approximate surface area is 267 Å². The van der Waals surface area contributed by atoms with Crippen molar-refractivity contribution in [2.45, 2.75) is 64.4 Å². The number of ether oxygens (including phenoxy) is 5. The molecule has 0 bridgehead atoms. The summed E-state index contributed by atoms with van der Waals surface area (Å²) < 4.78 is 28.8. The largest absolute Gasteiger partial charge is 0.497 e. The molecule has 45 heavy (non-hydrogen) atoms. The van der Waals surface area contributed by atoms with E-state index in [9.17, 15) is 9.59 Å². The Morgan fingerprint density at radius 3 is 2.09 bits per heavy atom. The smallest absolute Gasteiger partial charge is 0.330 e. The van der Waals surface area contributed by atoms with E-state index in [0.717, 1.165) is 41.9 Å². The molecular weight excluding hydrogens is 568 g/mol. The molecule has 240 valence electrons. The summed E-state index contributed by atoms with van der Waals surface area (Å²) in [5.41, 5.74) is 2.13. The number of ketones is 1. The van der Waals surface area contributed by atoms with Gasteiger partial charge in [-0.2, -0.15) is 0 Å². The summed E-state index contributed by atoms with van der Waals surface area (Å²) in [5, 5.41) is 0. The van der Waals surface area contributed by atoms with Crippen LogP contribution in [0.3, 0.4) is 0 Å². The summed E-state index contributed by atoms with van der Waals surface area (Å²) in [5.74, 6) is 1.77. The standard InChI is InChI=1S/C38H46O7/c1-26-36(39)19-18-34-29(11-12-30-22-33(23-35(30)34)44-24-27-7-14-31(41-2)15-8-27)13-20-38(40)43-21-5-4-6-37(26)45-25-28-9-16-32(42-3)17-10-28/h7-20,26,29-30,33-35,37H,4-6,21-25H2,1-3H3/b19-18+,20-13+/t26-,29-,30+,33+,34+,35+,37-/m0/s1. The van der Waals surface area contributed by atoms with Crippen LogP contribution < -0.4 is 9.47 Å². The number of fused-ring (bicyclic) bond motifs is 3. The summed E-state index contributed by atoms with van der Waals surface area (Å²) in [6.07, 6.45) is 15.7. The first-order chi connectivity index (χ1) is 21.9. The Kier molecular flexibility index (Phi) is 11.7. The fourth-order valence-electron chi connectivity index (χ4n) is 6.74. The maximum absolute atomic E-state index is 13.6. The molecule has 0 spiro atoms. The monoisotopic (exact) mass is 614 g/mol. The zero-order valence-corrected chi connectivity index (χ0v) is 26.6. The zero-order valence-electron chi connectivity index (χ0n) is 26.6. The minimum Gasteiger partial charge on any atom is -0.497 e. The second-order valence-electron chi connectivity index (χ2n) is 12.4. The fourth-order valence-corrected chi connectivity index (χ4v) is 6.74. The third-order valence-corrected chi connectivity index (χ3v) is 9.48. The van der Waals surface area contributed by atoms with Crippen LogP contribution in [0.2, 0.25) is 0 Å². The number of cyclic esters (lactones) is 1.